The van der Waals surface area contributed by atoms with Crippen LogP contribution in [0.3, 0.4) is 0 Å². The number of para-hydroxylation sites is 1. The van der Waals surface area contributed by atoms with Crippen LogP contribution in [-0.2, 0) is 4.79 Å². The number of rotatable bonds is 9. The lowest BCUT2D eigenvalue weighted by atomic mass is 10.2. The third-order valence-electron chi connectivity index (χ3n) is 3.19. The molecule has 152 valence electrons. The Kier molecular flexibility index (Phi) is 7.78. The van der Waals surface area contributed by atoms with Crippen molar-refractivity contribution in [2.45, 2.75) is 13.2 Å². The first kappa shape index (κ1) is 21.5. The minimum Gasteiger partial charge on any atom is -0.482 e. The number of nitrogens with zero attached hydrogens (tertiary/aromatic N) is 2. The van der Waals surface area contributed by atoms with Gasteiger partial charge in [0.2, 0.25) is 0 Å². The third-order valence-corrected chi connectivity index (χ3v) is 3.19. The lowest BCUT2D eigenvalue weighted by Gasteiger charge is -2.11. The first-order valence-electron chi connectivity index (χ1n) is 7.86. The van der Waals surface area contributed by atoms with E-state index < -0.39 is 31.5 Å². The summed E-state index contributed by atoms with van der Waals surface area (Å²) in [5, 5.41) is 12.5. The van der Waals surface area contributed by atoms with E-state index in [1.165, 1.54) is 12.1 Å². The molecule has 0 spiro atoms. The highest BCUT2D eigenvalue weighted by molar-refractivity contribution is 5.85. The summed E-state index contributed by atoms with van der Waals surface area (Å²) in [4.78, 5) is 11.8. The maximum absolute atomic E-state index is 12.5. The molecule has 0 aromatic heterocycles. The van der Waals surface area contributed by atoms with Crippen molar-refractivity contribution in [3.63, 3.8) is 0 Å². The number of nitriles is 1. The highest BCUT2D eigenvalue weighted by Gasteiger charge is 2.13. The van der Waals surface area contributed by atoms with Gasteiger partial charge in [-0.3, -0.25) is 4.79 Å². The summed E-state index contributed by atoms with van der Waals surface area (Å²) in [6, 6.07) is 11.2. The topological polar surface area (TPSA) is 92.9 Å². The fraction of sp³-hybridized carbons (Fsp3) is 0.167. The largest absolute Gasteiger partial charge is 0.482 e. The molecule has 2 rings (SSSR count). The average Bonchev–Trinajstić information content (AvgIpc) is 2.67. The van der Waals surface area contributed by atoms with Crippen molar-refractivity contribution >= 4 is 12.1 Å². The van der Waals surface area contributed by atoms with Crippen molar-refractivity contribution in [2.75, 3.05) is 6.61 Å². The quantitative estimate of drug-likeness (QED) is 0.388. The molecule has 0 heterocycles. The van der Waals surface area contributed by atoms with Crippen molar-refractivity contribution in [3.05, 3.63) is 53.6 Å². The van der Waals surface area contributed by atoms with E-state index in [0.717, 1.165) is 24.4 Å². The van der Waals surface area contributed by atoms with Crippen molar-refractivity contribution in [3.8, 4) is 23.3 Å². The Morgan fingerprint density at radius 3 is 2.52 bits per heavy atom. The number of carbonyl (C=O) groups excluding carboxylic acids is 1. The molecule has 11 heteroatoms. The minimum atomic E-state index is -3.22. The fourth-order valence-electron chi connectivity index (χ4n) is 2.03. The van der Waals surface area contributed by atoms with Crippen molar-refractivity contribution < 1.29 is 36.6 Å². The number of hydrazone groups is 1. The van der Waals surface area contributed by atoms with Gasteiger partial charge < -0.3 is 14.2 Å². The highest BCUT2D eigenvalue weighted by atomic mass is 19.3. The SMILES string of the molecule is N#Cc1ccccc1OCC(=O)N/N=C/c1ccc(OC(F)F)cc1OC(F)F. The highest BCUT2D eigenvalue weighted by Crippen LogP contribution is 2.26. The van der Waals surface area contributed by atoms with Gasteiger partial charge in [-0.2, -0.15) is 27.9 Å². The second-order valence-electron chi connectivity index (χ2n) is 5.15. The van der Waals surface area contributed by atoms with Crippen LogP contribution in [0.4, 0.5) is 17.6 Å². The molecule has 1 amide bonds. The Bertz CT molecular complexity index is 916. The molecule has 0 aliphatic rings. The van der Waals surface area contributed by atoms with E-state index in [9.17, 15) is 22.4 Å². The van der Waals surface area contributed by atoms with Crippen LogP contribution in [0.1, 0.15) is 11.1 Å². The Hall–Kier alpha value is -3.81. The molecule has 2 aromatic carbocycles. The first-order chi connectivity index (χ1) is 13.9. The molecule has 1 N–H and O–H groups in total. The van der Waals surface area contributed by atoms with E-state index in [1.54, 1.807) is 12.1 Å². The van der Waals surface area contributed by atoms with Crippen molar-refractivity contribution in [1.82, 2.24) is 5.43 Å². The number of hydrogen-bond donors (Lipinski definition) is 1. The maximum Gasteiger partial charge on any atom is 0.387 e. The molecule has 0 fully saturated rings. The summed E-state index contributed by atoms with van der Waals surface area (Å²) in [5.41, 5.74) is 2.31. The number of benzene rings is 2. The summed E-state index contributed by atoms with van der Waals surface area (Å²) < 4.78 is 63.0. The van der Waals surface area contributed by atoms with Gasteiger partial charge in [-0.1, -0.05) is 12.1 Å². The van der Waals surface area contributed by atoms with Gasteiger partial charge >= 0.3 is 13.2 Å². The van der Waals surface area contributed by atoms with Crippen LogP contribution in [-0.4, -0.2) is 32.0 Å². The smallest absolute Gasteiger partial charge is 0.387 e. The van der Waals surface area contributed by atoms with E-state index in [1.807, 2.05) is 6.07 Å². The Morgan fingerprint density at radius 2 is 1.83 bits per heavy atom. The van der Waals surface area contributed by atoms with Crippen LogP contribution in [0.5, 0.6) is 17.2 Å². The molecule has 2 aromatic rings. The van der Waals surface area contributed by atoms with Gasteiger partial charge in [0.1, 0.15) is 23.3 Å². The van der Waals surface area contributed by atoms with Gasteiger partial charge in [0, 0.05) is 11.6 Å². The molecule has 0 saturated carbocycles. The third kappa shape index (κ3) is 7.02. The number of carbonyl (C=O) groups is 1. The molecule has 0 atom stereocenters. The van der Waals surface area contributed by atoms with Gasteiger partial charge in [0.25, 0.3) is 5.91 Å². The van der Waals surface area contributed by atoms with Crippen molar-refractivity contribution in [1.29, 1.82) is 5.26 Å². The number of amides is 1. The van der Waals surface area contributed by atoms with Gasteiger partial charge in [0.05, 0.1) is 11.8 Å². The van der Waals surface area contributed by atoms with Crippen LogP contribution < -0.4 is 19.6 Å². The van der Waals surface area contributed by atoms with Crippen LogP contribution in [0.15, 0.2) is 47.6 Å². The first-order valence-corrected chi connectivity index (χ1v) is 7.86. The number of ether oxygens (including phenoxy) is 3. The van der Waals surface area contributed by atoms with Crippen LogP contribution in [0.25, 0.3) is 0 Å². The molecule has 7 nitrogen and oxygen atoms in total. The van der Waals surface area contributed by atoms with Gasteiger partial charge in [-0.05, 0) is 24.3 Å². The second kappa shape index (κ2) is 10.5. The molecule has 29 heavy (non-hydrogen) atoms. The summed E-state index contributed by atoms with van der Waals surface area (Å²) >= 11 is 0. The zero-order valence-electron chi connectivity index (χ0n) is 14.5. The second-order valence-corrected chi connectivity index (χ2v) is 5.15. The van der Waals surface area contributed by atoms with E-state index in [2.05, 4.69) is 20.0 Å². The van der Waals surface area contributed by atoms with E-state index in [4.69, 9.17) is 10.00 Å². The number of nitrogens with one attached hydrogen (secondary N) is 1. The average molecular weight is 411 g/mol. The van der Waals surface area contributed by atoms with Gasteiger partial charge in [0.15, 0.2) is 6.61 Å². The number of halogens is 4. The predicted octanol–water partition coefficient (Wildman–Crippen LogP) is 3.29. The molecule has 0 bridgehead atoms. The minimum absolute atomic E-state index is 0.0250. The summed E-state index contributed by atoms with van der Waals surface area (Å²) in [6.07, 6.45) is 0.977. The zero-order chi connectivity index (χ0) is 21.2. The standard InChI is InChI=1S/C18H13F4N3O4/c19-17(20)28-13-6-5-12(15(7-13)29-18(21)22)9-24-25-16(26)10-27-14-4-2-1-3-11(14)8-23/h1-7,9,17-18H,10H2,(H,25,26)/b24-9+. The molecular weight excluding hydrogens is 398 g/mol. The van der Waals surface area contributed by atoms with Crippen LogP contribution >= 0.6 is 0 Å². The number of hydrogen-bond acceptors (Lipinski definition) is 6. The Morgan fingerprint density at radius 1 is 1.10 bits per heavy atom. The lowest BCUT2D eigenvalue weighted by molar-refractivity contribution is -0.123. The molecule has 0 saturated heterocycles. The molecule has 0 radical (unpaired) electrons. The lowest BCUT2D eigenvalue weighted by Crippen LogP contribution is -2.24. The normalized spacial score (nSPS) is 10.8. The van der Waals surface area contributed by atoms with Gasteiger partial charge in [-0.15, -0.1) is 0 Å². The van der Waals surface area contributed by atoms with Gasteiger partial charge in [-0.25, -0.2) is 5.43 Å². The Labute approximate surface area is 162 Å². The maximum atomic E-state index is 12.5. The summed E-state index contributed by atoms with van der Waals surface area (Å²) in [7, 11) is 0. The van der Waals surface area contributed by atoms with E-state index >= 15 is 0 Å². The number of alkyl halides is 4. The van der Waals surface area contributed by atoms with E-state index in [-0.39, 0.29) is 22.6 Å². The predicted molar refractivity (Wildman–Crippen MR) is 92.1 cm³/mol. The summed E-state index contributed by atoms with van der Waals surface area (Å²) in [6.45, 7) is -6.82. The molecule has 0 aliphatic heterocycles. The summed E-state index contributed by atoms with van der Waals surface area (Å²) in [5.74, 6) is -1.35. The monoisotopic (exact) mass is 411 g/mol. The van der Waals surface area contributed by atoms with Crippen LogP contribution in [0.2, 0.25) is 0 Å². The van der Waals surface area contributed by atoms with Crippen LogP contribution in [0, 0.1) is 11.3 Å². The van der Waals surface area contributed by atoms with E-state index in [0.29, 0.717) is 0 Å². The Balaban J connectivity index is 1.99. The molecule has 0 unspecified atom stereocenters. The van der Waals surface area contributed by atoms with Crippen molar-refractivity contribution in [2.24, 2.45) is 5.10 Å². The molecule has 0 aliphatic carbocycles. The zero-order valence-corrected chi connectivity index (χ0v) is 14.5. The molecular formula is C18H13F4N3O4. The fourth-order valence-corrected chi connectivity index (χ4v) is 2.03.